The molecule has 1 fully saturated rings. The summed E-state index contributed by atoms with van der Waals surface area (Å²) in [7, 11) is 3.68. The number of thioether (sulfide) groups is 1. The van der Waals surface area contributed by atoms with E-state index in [4.69, 9.17) is 0 Å². The van der Waals surface area contributed by atoms with Gasteiger partial charge in [0.2, 0.25) is 0 Å². The average Bonchev–Trinajstić information content (AvgIpc) is 2.99. The molecule has 0 unspecified atom stereocenters. The molecule has 3 heterocycles. The van der Waals surface area contributed by atoms with Gasteiger partial charge in [0.15, 0.2) is 11.0 Å². The molecule has 112 valence electrons. The van der Waals surface area contributed by atoms with Crippen molar-refractivity contribution in [2.75, 3.05) is 7.05 Å². The van der Waals surface area contributed by atoms with Crippen LogP contribution in [-0.2, 0) is 11.8 Å². The van der Waals surface area contributed by atoms with Crippen LogP contribution < -0.4 is 0 Å². The number of carbonyl (C=O) groups excluding carboxylic acids is 1. The number of rotatable bonds is 2. The fourth-order valence-corrected chi connectivity index (χ4v) is 3.06. The van der Waals surface area contributed by atoms with E-state index in [9.17, 15) is 4.79 Å². The van der Waals surface area contributed by atoms with Crippen LogP contribution in [0.15, 0.2) is 46.4 Å². The molecule has 0 atom stereocenters. The average molecular weight is 312 g/mol. The first-order chi connectivity index (χ1) is 10.5. The summed E-state index contributed by atoms with van der Waals surface area (Å²) in [4.78, 5) is 23.4. The van der Waals surface area contributed by atoms with Crippen molar-refractivity contribution < 1.29 is 4.79 Å². The second-order valence-corrected chi connectivity index (χ2v) is 6.06. The third-order valence-electron chi connectivity index (χ3n) is 3.35. The summed E-state index contributed by atoms with van der Waals surface area (Å²) in [6, 6.07) is 9.58. The molecule has 1 aliphatic rings. The van der Waals surface area contributed by atoms with Crippen LogP contribution in [0.5, 0.6) is 0 Å². The minimum absolute atomic E-state index is 0.0439. The maximum Gasteiger partial charge on any atom is 0.266 e. The lowest BCUT2D eigenvalue weighted by molar-refractivity contribution is -0.121. The van der Waals surface area contributed by atoms with E-state index >= 15 is 0 Å². The summed E-state index contributed by atoms with van der Waals surface area (Å²) in [6.07, 6.45) is 3.83. The van der Waals surface area contributed by atoms with Gasteiger partial charge in [-0.1, -0.05) is 6.07 Å². The number of carbonyl (C=O) groups is 1. The van der Waals surface area contributed by atoms with E-state index in [-0.39, 0.29) is 5.91 Å². The van der Waals surface area contributed by atoms with Crippen molar-refractivity contribution in [1.82, 2.24) is 14.5 Å². The van der Waals surface area contributed by atoms with Crippen LogP contribution >= 0.6 is 11.8 Å². The summed E-state index contributed by atoms with van der Waals surface area (Å²) >= 11 is 1.37. The summed E-state index contributed by atoms with van der Waals surface area (Å²) in [5.74, 6) is 0.569. The Morgan fingerprint density at radius 1 is 1.23 bits per heavy atom. The van der Waals surface area contributed by atoms with Gasteiger partial charge in [-0.3, -0.25) is 9.69 Å². The molecule has 1 aliphatic heterocycles. The number of hydrogen-bond acceptors (Lipinski definition) is 4. The van der Waals surface area contributed by atoms with E-state index < -0.39 is 0 Å². The second kappa shape index (κ2) is 5.81. The van der Waals surface area contributed by atoms with Gasteiger partial charge in [0, 0.05) is 31.7 Å². The van der Waals surface area contributed by atoms with Gasteiger partial charge < -0.3 is 4.57 Å². The molecule has 0 spiro atoms. The quantitative estimate of drug-likeness (QED) is 0.801. The van der Waals surface area contributed by atoms with Gasteiger partial charge >= 0.3 is 0 Å². The van der Waals surface area contributed by atoms with Crippen molar-refractivity contribution in [1.29, 1.82) is 0 Å². The normalized spacial score (nSPS) is 18.7. The highest BCUT2D eigenvalue weighted by Crippen LogP contribution is 2.32. The number of aryl methyl sites for hydroxylation is 2. The first-order valence-corrected chi connectivity index (χ1v) is 7.67. The lowest BCUT2D eigenvalue weighted by atomic mass is 10.3. The third-order valence-corrected chi connectivity index (χ3v) is 4.41. The zero-order chi connectivity index (χ0) is 15.7. The number of amides is 1. The fraction of sp³-hybridized carbons (Fsp3) is 0.188. The minimum atomic E-state index is -0.0439. The topological polar surface area (TPSA) is 50.5 Å². The maximum atomic E-state index is 12.3. The number of aliphatic imine (C=N–C) groups is 1. The Balaban J connectivity index is 1.92. The van der Waals surface area contributed by atoms with Crippen molar-refractivity contribution >= 4 is 34.7 Å². The fourth-order valence-electron chi connectivity index (χ4n) is 2.10. The van der Waals surface area contributed by atoms with Gasteiger partial charge in [-0.15, -0.1) is 0 Å². The lowest BCUT2D eigenvalue weighted by Crippen LogP contribution is -2.23. The van der Waals surface area contributed by atoms with E-state index in [1.54, 1.807) is 11.9 Å². The third kappa shape index (κ3) is 2.82. The van der Waals surface area contributed by atoms with Crippen LogP contribution in [0, 0.1) is 6.92 Å². The van der Waals surface area contributed by atoms with Crippen LogP contribution in [-0.4, -0.2) is 32.6 Å². The highest BCUT2D eigenvalue weighted by Gasteiger charge is 2.30. The molecule has 0 aliphatic carbocycles. The Kier molecular flexibility index (Phi) is 3.85. The zero-order valence-corrected chi connectivity index (χ0v) is 13.5. The second-order valence-electron chi connectivity index (χ2n) is 5.05. The van der Waals surface area contributed by atoms with Crippen molar-refractivity contribution in [3.63, 3.8) is 0 Å². The van der Waals surface area contributed by atoms with Crippen LogP contribution in [0.4, 0.5) is 5.82 Å². The lowest BCUT2D eigenvalue weighted by Gasteiger charge is -2.06. The molecular weight excluding hydrogens is 296 g/mol. The summed E-state index contributed by atoms with van der Waals surface area (Å²) in [5.41, 5.74) is 1.89. The molecule has 5 nitrogen and oxygen atoms in total. The predicted molar refractivity (Wildman–Crippen MR) is 89.8 cm³/mol. The smallest absolute Gasteiger partial charge is 0.266 e. The molecule has 0 bridgehead atoms. The molecule has 2 aromatic rings. The van der Waals surface area contributed by atoms with Gasteiger partial charge in [-0.25, -0.2) is 9.98 Å². The van der Waals surface area contributed by atoms with E-state index in [1.807, 2.05) is 61.1 Å². The summed E-state index contributed by atoms with van der Waals surface area (Å²) in [5, 5.41) is 0.642. The SMILES string of the molecule is Cc1cccc(/N=C2/S/C(=C/c3cccn3C)C(=O)N2C)n1. The van der Waals surface area contributed by atoms with Crippen LogP contribution in [0.3, 0.4) is 0 Å². The highest BCUT2D eigenvalue weighted by molar-refractivity contribution is 8.18. The maximum absolute atomic E-state index is 12.3. The molecule has 0 N–H and O–H groups in total. The molecule has 0 saturated carbocycles. The van der Waals surface area contributed by atoms with E-state index in [0.717, 1.165) is 11.4 Å². The highest BCUT2D eigenvalue weighted by atomic mass is 32.2. The number of amidine groups is 1. The Labute approximate surface area is 133 Å². The molecule has 6 heteroatoms. The molecular formula is C16H16N4OS. The monoisotopic (exact) mass is 312 g/mol. The largest absolute Gasteiger partial charge is 0.351 e. The van der Waals surface area contributed by atoms with Gasteiger partial charge in [-0.05, 0) is 49.0 Å². The molecule has 0 aromatic carbocycles. The number of hydrogen-bond donors (Lipinski definition) is 0. The number of pyridine rings is 1. The number of nitrogens with zero attached hydrogens (tertiary/aromatic N) is 4. The van der Waals surface area contributed by atoms with Gasteiger partial charge in [-0.2, -0.15) is 0 Å². The van der Waals surface area contributed by atoms with Crippen molar-refractivity contribution in [2.45, 2.75) is 6.92 Å². The number of aromatic nitrogens is 2. The summed E-state index contributed by atoms with van der Waals surface area (Å²) in [6.45, 7) is 1.92. The van der Waals surface area contributed by atoms with E-state index in [1.165, 1.54) is 11.8 Å². The summed E-state index contributed by atoms with van der Waals surface area (Å²) < 4.78 is 1.97. The van der Waals surface area contributed by atoms with Gasteiger partial charge in [0.1, 0.15) is 0 Å². The molecule has 1 amide bonds. The first-order valence-electron chi connectivity index (χ1n) is 6.86. The van der Waals surface area contributed by atoms with Crippen LogP contribution in [0.1, 0.15) is 11.4 Å². The first kappa shape index (κ1) is 14.6. The van der Waals surface area contributed by atoms with Crippen molar-refractivity contribution in [2.24, 2.45) is 12.0 Å². The molecule has 22 heavy (non-hydrogen) atoms. The minimum Gasteiger partial charge on any atom is -0.351 e. The van der Waals surface area contributed by atoms with Crippen LogP contribution in [0.25, 0.3) is 6.08 Å². The van der Waals surface area contributed by atoms with Gasteiger partial charge in [0.05, 0.1) is 4.91 Å². The van der Waals surface area contributed by atoms with Crippen LogP contribution in [0.2, 0.25) is 0 Å². The Morgan fingerprint density at radius 2 is 2.05 bits per heavy atom. The standard InChI is InChI=1S/C16H16N4OS/c1-11-6-4-8-14(17-11)18-16-20(3)15(21)13(22-16)10-12-7-5-9-19(12)2/h4-10H,1-3H3/b13-10+,18-16+. The Bertz CT molecular complexity index is 791. The molecule has 2 aromatic heterocycles. The zero-order valence-electron chi connectivity index (χ0n) is 12.6. The predicted octanol–water partition coefficient (Wildman–Crippen LogP) is 2.96. The van der Waals surface area contributed by atoms with Crippen molar-refractivity contribution in [3.8, 4) is 0 Å². The Morgan fingerprint density at radius 3 is 2.73 bits per heavy atom. The molecule has 1 saturated heterocycles. The number of likely N-dealkylation sites (N-methyl/N-ethyl adjacent to an activating group) is 1. The van der Waals surface area contributed by atoms with Crippen molar-refractivity contribution in [3.05, 3.63) is 52.8 Å². The van der Waals surface area contributed by atoms with E-state index in [0.29, 0.717) is 15.9 Å². The molecule has 3 rings (SSSR count). The van der Waals surface area contributed by atoms with Gasteiger partial charge in [0.25, 0.3) is 5.91 Å². The van der Waals surface area contributed by atoms with E-state index in [2.05, 4.69) is 9.98 Å². The Hall–Kier alpha value is -2.34. The molecule has 0 radical (unpaired) electrons.